The molecule has 4 rings (SSSR count). The second kappa shape index (κ2) is 9.56. The van der Waals surface area contributed by atoms with Crippen molar-refractivity contribution in [2.75, 3.05) is 13.2 Å². The average Bonchev–Trinajstić information content (AvgIpc) is 3.33. The highest BCUT2D eigenvalue weighted by atomic mass is 19.1. The van der Waals surface area contributed by atoms with E-state index in [-0.39, 0.29) is 5.82 Å². The van der Waals surface area contributed by atoms with Crippen molar-refractivity contribution in [3.63, 3.8) is 0 Å². The Morgan fingerprint density at radius 3 is 2.74 bits per heavy atom. The number of rotatable bonds is 9. The lowest BCUT2D eigenvalue weighted by Gasteiger charge is -2.17. The van der Waals surface area contributed by atoms with Gasteiger partial charge in [-0.25, -0.2) is 9.37 Å². The van der Waals surface area contributed by atoms with Gasteiger partial charge in [0, 0.05) is 54.7 Å². The van der Waals surface area contributed by atoms with Crippen LogP contribution >= 0.6 is 0 Å². The number of nitrogens with one attached hydrogen (secondary N) is 1. The minimum atomic E-state index is -1.06. The SMILES string of the molecule is CCNCc1cnc2ccc(-c3ccc(F)cc3OCCc3c(C(C)(C)O)nn(C)c3C)cn12. The number of aliphatic hydroxyl groups is 1. The largest absolute Gasteiger partial charge is 0.492 e. The summed E-state index contributed by atoms with van der Waals surface area (Å²) in [6, 6.07) is 8.52. The van der Waals surface area contributed by atoms with Crippen molar-refractivity contribution in [2.24, 2.45) is 7.05 Å². The Kier molecular flexibility index (Phi) is 6.72. The number of imidazole rings is 1. The Morgan fingerprint density at radius 2 is 2.00 bits per heavy atom. The van der Waals surface area contributed by atoms with Gasteiger partial charge >= 0.3 is 0 Å². The maximum absolute atomic E-state index is 14.2. The van der Waals surface area contributed by atoms with E-state index in [2.05, 4.69) is 22.3 Å². The van der Waals surface area contributed by atoms with Gasteiger partial charge in [0.25, 0.3) is 0 Å². The molecule has 2 N–H and O–H groups in total. The molecule has 180 valence electrons. The molecule has 0 saturated carbocycles. The van der Waals surface area contributed by atoms with Crippen LogP contribution < -0.4 is 10.1 Å². The molecule has 0 radical (unpaired) electrons. The molecule has 0 aliphatic heterocycles. The molecule has 0 spiro atoms. The predicted octanol–water partition coefficient (Wildman–Crippen LogP) is 4.14. The highest BCUT2D eigenvalue weighted by molar-refractivity contribution is 5.71. The molecule has 0 aliphatic rings. The van der Waals surface area contributed by atoms with E-state index in [1.807, 2.05) is 42.9 Å². The number of hydrogen-bond donors (Lipinski definition) is 2. The summed E-state index contributed by atoms with van der Waals surface area (Å²) >= 11 is 0. The van der Waals surface area contributed by atoms with Crippen LogP contribution in [0.1, 0.15) is 43.4 Å². The van der Waals surface area contributed by atoms with E-state index in [1.165, 1.54) is 12.1 Å². The number of nitrogens with zero attached hydrogens (tertiary/aromatic N) is 4. The molecule has 7 nitrogen and oxygen atoms in total. The third-order valence-corrected chi connectivity index (χ3v) is 6.04. The van der Waals surface area contributed by atoms with Crippen LogP contribution in [0.15, 0.2) is 42.7 Å². The smallest absolute Gasteiger partial charge is 0.136 e. The van der Waals surface area contributed by atoms with Crippen molar-refractivity contribution in [2.45, 2.75) is 46.3 Å². The van der Waals surface area contributed by atoms with Crippen LogP contribution in [-0.2, 0) is 25.6 Å². The minimum Gasteiger partial charge on any atom is -0.492 e. The first-order valence-corrected chi connectivity index (χ1v) is 11.5. The van der Waals surface area contributed by atoms with E-state index in [4.69, 9.17) is 4.74 Å². The van der Waals surface area contributed by atoms with Crippen LogP contribution in [0.25, 0.3) is 16.8 Å². The van der Waals surface area contributed by atoms with Gasteiger partial charge in [-0.2, -0.15) is 5.10 Å². The number of aromatic nitrogens is 4. The van der Waals surface area contributed by atoms with Crippen LogP contribution in [0.5, 0.6) is 5.75 Å². The summed E-state index contributed by atoms with van der Waals surface area (Å²) in [6.07, 6.45) is 4.41. The summed E-state index contributed by atoms with van der Waals surface area (Å²) in [5.41, 5.74) is 5.11. The molecule has 3 heterocycles. The molecule has 0 aliphatic carbocycles. The summed E-state index contributed by atoms with van der Waals surface area (Å²) in [6.45, 7) is 9.38. The number of pyridine rings is 1. The Hall–Kier alpha value is -3.23. The Balaban J connectivity index is 1.61. The van der Waals surface area contributed by atoms with E-state index in [0.29, 0.717) is 31.0 Å². The molecule has 0 unspecified atom stereocenters. The van der Waals surface area contributed by atoms with E-state index in [1.54, 1.807) is 24.6 Å². The number of hydrogen-bond acceptors (Lipinski definition) is 5. The van der Waals surface area contributed by atoms with Gasteiger partial charge in [-0.15, -0.1) is 0 Å². The second-order valence-electron chi connectivity index (χ2n) is 9.01. The molecule has 3 aromatic heterocycles. The molecular weight excluding hydrogens is 433 g/mol. The predicted molar refractivity (Wildman–Crippen MR) is 130 cm³/mol. The average molecular weight is 466 g/mol. The van der Waals surface area contributed by atoms with Crippen molar-refractivity contribution in [3.05, 3.63) is 71.2 Å². The fourth-order valence-electron chi connectivity index (χ4n) is 4.13. The summed E-state index contributed by atoms with van der Waals surface area (Å²) in [5.74, 6) is 0.115. The van der Waals surface area contributed by atoms with Gasteiger partial charge in [0.1, 0.15) is 22.8 Å². The Morgan fingerprint density at radius 1 is 1.21 bits per heavy atom. The Bertz CT molecular complexity index is 1300. The fraction of sp³-hybridized carbons (Fsp3) is 0.385. The van der Waals surface area contributed by atoms with E-state index in [0.717, 1.165) is 40.3 Å². The van der Waals surface area contributed by atoms with Gasteiger partial charge < -0.3 is 19.6 Å². The number of halogens is 1. The lowest BCUT2D eigenvalue weighted by molar-refractivity contribution is 0.0721. The van der Waals surface area contributed by atoms with Crippen LogP contribution in [-0.4, -0.2) is 37.4 Å². The number of benzene rings is 1. The molecule has 0 atom stereocenters. The van der Waals surface area contributed by atoms with E-state index in [9.17, 15) is 9.50 Å². The molecule has 4 aromatic rings. The summed E-state index contributed by atoms with van der Waals surface area (Å²) in [7, 11) is 1.86. The fourth-order valence-corrected chi connectivity index (χ4v) is 4.13. The molecule has 0 fully saturated rings. The molecular formula is C26H32FN5O2. The van der Waals surface area contributed by atoms with Crippen molar-refractivity contribution >= 4 is 5.65 Å². The van der Waals surface area contributed by atoms with Crippen molar-refractivity contribution in [3.8, 4) is 16.9 Å². The normalized spacial score (nSPS) is 12.0. The molecule has 0 amide bonds. The quantitative estimate of drug-likeness (QED) is 0.389. The highest BCUT2D eigenvalue weighted by Crippen LogP contribution is 2.32. The third-order valence-electron chi connectivity index (χ3n) is 6.04. The second-order valence-corrected chi connectivity index (χ2v) is 9.01. The van der Waals surface area contributed by atoms with Crippen LogP contribution in [0, 0.1) is 12.7 Å². The standard InChI is InChI=1S/C26H32FN5O2/c1-6-28-14-20-15-29-24-10-7-18(16-32(20)24)22-9-8-19(27)13-23(22)34-12-11-21-17(2)31(5)30-25(21)26(3,4)33/h7-10,13,15-16,28,33H,6,11-12,14H2,1-5H3. The zero-order valence-corrected chi connectivity index (χ0v) is 20.4. The maximum atomic E-state index is 14.2. The van der Waals surface area contributed by atoms with E-state index < -0.39 is 5.60 Å². The third kappa shape index (κ3) is 4.83. The van der Waals surface area contributed by atoms with Gasteiger partial charge in [-0.3, -0.25) is 4.68 Å². The molecule has 0 bridgehead atoms. The topological polar surface area (TPSA) is 76.6 Å². The monoisotopic (exact) mass is 465 g/mol. The van der Waals surface area contributed by atoms with Crippen LogP contribution in [0.4, 0.5) is 4.39 Å². The zero-order chi connectivity index (χ0) is 24.5. The Labute approximate surface area is 199 Å². The first-order chi connectivity index (χ1) is 16.2. The van der Waals surface area contributed by atoms with Crippen LogP contribution in [0.3, 0.4) is 0 Å². The van der Waals surface area contributed by atoms with E-state index >= 15 is 0 Å². The van der Waals surface area contributed by atoms with Gasteiger partial charge in [-0.05, 0) is 51.6 Å². The zero-order valence-electron chi connectivity index (χ0n) is 20.4. The minimum absolute atomic E-state index is 0.324. The van der Waals surface area contributed by atoms with Gasteiger partial charge in [0.2, 0.25) is 0 Å². The molecule has 0 saturated heterocycles. The van der Waals surface area contributed by atoms with Gasteiger partial charge in [0.05, 0.1) is 24.2 Å². The summed E-state index contributed by atoms with van der Waals surface area (Å²) in [4.78, 5) is 4.47. The molecule has 1 aromatic carbocycles. The summed E-state index contributed by atoms with van der Waals surface area (Å²) < 4.78 is 24.1. The maximum Gasteiger partial charge on any atom is 0.136 e. The lowest BCUT2D eigenvalue weighted by atomic mass is 9.98. The van der Waals surface area contributed by atoms with Gasteiger partial charge in [-0.1, -0.05) is 6.92 Å². The molecule has 34 heavy (non-hydrogen) atoms. The number of aryl methyl sites for hydroxylation is 1. The first-order valence-electron chi connectivity index (χ1n) is 11.5. The highest BCUT2D eigenvalue weighted by Gasteiger charge is 2.26. The van der Waals surface area contributed by atoms with Crippen molar-refractivity contribution in [1.82, 2.24) is 24.5 Å². The molecule has 8 heteroatoms. The lowest BCUT2D eigenvalue weighted by Crippen LogP contribution is -2.19. The first kappa shape index (κ1) is 23.9. The van der Waals surface area contributed by atoms with Crippen molar-refractivity contribution < 1.29 is 14.2 Å². The summed E-state index contributed by atoms with van der Waals surface area (Å²) in [5, 5.41) is 18.3. The van der Waals surface area contributed by atoms with Gasteiger partial charge in [0.15, 0.2) is 0 Å². The van der Waals surface area contributed by atoms with Crippen molar-refractivity contribution in [1.29, 1.82) is 0 Å². The number of ether oxygens (including phenoxy) is 1. The number of fused-ring (bicyclic) bond motifs is 1. The van der Waals surface area contributed by atoms with Crippen LogP contribution in [0.2, 0.25) is 0 Å².